The molecule has 8 heteroatoms. The molecule has 1 aromatic rings. The Kier molecular flexibility index (Phi) is 8.06. The van der Waals surface area contributed by atoms with Crippen molar-refractivity contribution in [2.24, 2.45) is 11.7 Å². The third-order valence-electron chi connectivity index (χ3n) is 3.88. The van der Waals surface area contributed by atoms with E-state index in [0.29, 0.717) is 23.2 Å². The average Bonchev–Trinajstić information content (AvgIpc) is 2.47. The van der Waals surface area contributed by atoms with Gasteiger partial charge in [0.15, 0.2) is 0 Å². The van der Waals surface area contributed by atoms with Crippen molar-refractivity contribution < 1.29 is 9.59 Å². The summed E-state index contributed by atoms with van der Waals surface area (Å²) in [6.07, 6.45) is 0.910. The zero-order valence-corrected chi connectivity index (χ0v) is 17.0. The van der Waals surface area contributed by atoms with Crippen LogP contribution in [0.4, 0.5) is 5.69 Å². The van der Waals surface area contributed by atoms with Gasteiger partial charge in [-0.2, -0.15) is 0 Å². The lowest BCUT2D eigenvalue weighted by atomic mass is 9.90. The van der Waals surface area contributed by atoms with Gasteiger partial charge in [0.1, 0.15) is 0 Å². The Bertz CT molecular complexity index is 642. The maximum Gasteiger partial charge on any atom is 0.238 e. The summed E-state index contributed by atoms with van der Waals surface area (Å²) in [7, 11) is 0. The van der Waals surface area contributed by atoms with Crippen molar-refractivity contribution in [3.63, 3.8) is 0 Å². The Labute approximate surface area is 164 Å². The molecular formula is C17H25Cl2N3O2S. The zero-order valence-electron chi connectivity index (χ0n) is 14.6. The van der Waals surface area contributed by atoms with Crippen LogP contribution in [0.1, 0.15) is 33.6 Å². The average molecular weight is 406 g/mol. The number of amides is 2. The van der Waals surface area contributed by atoms with Crippen LogP contribution in [0.3, 0.4) is 0 Å². The molecular weight excluding hydrogens is 381 g/mol. The van der Waals surface area contributed by atoms with Gasteiger partial charge in [-0.15, -0.1) is 24.2 Å². The van der Waals surface area contributed by atoms with E-state index < -0.39 is 10.8 Å². The van der Waals surface area contributed by atoms with E-state index >= 15 is 0 Å². The molecule has 5 nitrogen and oxygen atoms in total. The molecule has 0 saturated carbocycles. The van der Waals surface area contributed by atoms with E-state index in [1.165, 1.54) is 11.8 Å². The highest BCUT2D eigenvalue weighted by atomic mass is 35.5. The Balaban J connectivity index is 0.00000312. The molecule has 1 aromatic carbocycles. The van der Waals surface area contributed by atoms with Gasteiger partial charge in [-0.05, 0) is 37.5 Å². The van der Waals surface area contributed by atoms with Crippen LogP contribution in [-0.4, -0.2) is 29.1 Å². The van der Waals surface area contributed by atoms with Gasteiger partial charge in [0, 0.05) is 28.4 Å². The number of carbonyl (C=O) groups is 2. The van der Waals surface area contributed by atoms with E-state index in [1.807, 2.05) is 13.0 Å². The summed E-state index contributed by atoms with van der Waals surface area (Å²) in [6.45, 7) is 6.48. The third-order valence-corrected chi connectivity index (χ3v) is 5.39. The van der Waals surface area contributed by atoms with Gasteiger partial charge in [-0.25, -0.2) is 0 Å². The maximum atomic E-state index is 12.4. The summed E-state index contributed by atoms with van der Waals surface area (Å²) in [6, 6.07) is 5.35. The lowest BCUT2D eigenvalue weighted by Gasteiger charge is -2.32. The lowest BCUT2D eigenvalue weighted by Crippen LogP contribution is -2.53. The second kappa shape index (κ2) is 9.12. The van der Waals surface area contributed by atoms with Gasteiger partial charge in [0.25, 0.3) is 0 Å². The number of halogens is 2. The number of nitrogens with two attached hydrogens (primary N) is 1. The van der Waals surface area contributed by atoms with Gasteiger partial charge in [-0.3, -0.25) is 9.59 Å². The number of carbonyl (C=O) groups excluding carboxylic acids is 2. The molecule has 2 unspecified atom stereocenters. The van der Waals surface area contributed by atoms with Crippen molar-refractivity contribution in [1.29, 1.82) is 0 Å². The molecule has 0 fully saturated rings. The van der Waals surface area contributed by atoms with Crippen molar-refractivity contribution in [1.82, 2.24) is 5.32 Å². The summed E-state index contributed by atoms with van der Waals surface area (Å²) < 4.78 is 0. The SMILES string of the molecule is CC(C)CC(C)(CN)NC(=O)CC1Sc2ccc(Cl)cc2NC1=O.Cl. The molecule has 0 bridgehead atoms. The van der Waals surface area contributed by atoms with Crippen molar-refractivity contribution in [2.45, 2.75) is 49.3 Å². The number of anilines is 1. The van der Waals surface area contributed by atoms with E-state index in [2.05, 4.69) is 24.5 Å². The number of rotatable bonds is 6. The maximum absolute atomic E-state index is 12.4. The first-order valence-corrected chi connectivity index (χ1v) is 9.26. The van der Waals surface area contributed by atoms with Gasteiger partial charge in [0.2, 0.25) is 11.8 Å². The minimum absolute atomic E-state index is 0. The topological polar surface area (TPSA) is 84.2 Å². The molecule has 0 radical (unpaired) electrons. The van der Waals surface area contributed by atoms with Crippen molar-refractivity contribution >= 4 is 53.3 Å². The fourth-order valence-corrected chi connectivity index (χ4v) is 4.16. The fourth-order valence-electron chi connectivity index (χ4n) is 2.90. The normalized spacial score (nSPS) is 18.6. The van der Waals surface area contributed by atoms with E-state index in [-0.39, 0.29) is 30.6 Å². The summed E-state index contributed by atoms with van der Waals surface area (Å²) in [5.41, 5.74) is 6.07. The highest BCUT2D eigenvalue weighted by Crippen LogP contribution is 2.38. The van der Waals surface area contributed by atoms with Crippen LogP contribution < -0.4 is 16.4 Å². The molecule has 2 atom stereocenters. The summed E-state index contributed by atoms with van der Waals surface area (Å²) >= 11 is 7.33. The van der Waals surface area contributed by atoms with E-state index in [0.717, 1.165) is 11.3 Å². The Morgan fingerprint density at radius 3 is 2.76 bits per heavy atom. The quantitative estimate of drug-likeness (QED) is 0.676. The summed E-state index contributed by atoms with van der Waals surface area (Å²) in [5.74, 6) is 0.0831. The van der Waals surface area contributed by atoms with Gasteiger partial charge < -0.3 is 16.4 Å². The largest absolute Gasteiger partial charge is 0.350 e. The highest BCUT2D eigenvalue weighted by molar-refractivity contribution is 8.01. The molecule has 140 valence electrons. The third kappa shape index (κ3) is 6.06. The van der Waals surface area contributed by atoms with Crippen LogP contribution >= 0.6 is 35.8 Å². The first kappa shape index (κ1) is 22.1. The Hall–Kier alpha value is -0.950. The molecule has 0 aromatic heterocycles. The Morgan fingerprint density at radius 1 is 1.48 bits per heavy atom. The van der Waals surface area contributed by atoms with Crippen LogP contribution in [0.5, 0.6) is 0 Å². The van der Waals surface area contributed by atoms with Crippen LogP contribution in [0.15, 0.2) is 23.1 Å². The number of benzene rings is 1. The first-order chi connectivity index (χ1) is 11.2. The Morgan fingerprint density at radius 2 is 2.16 bits per heavy atom. The van der Waals surface area contributed by atoms with Gasteiger partial charge in [-0.1, -0.05) is 25.4 Å². The lowest BCUT2D eigenvalue weighted by molar-refractivity contribution is -0.125. The number of fused-ring (bicyclic) bond motifs is 1. The number of thioether (sulfide) groups is 1. The van der Waals surface area contributed by atoms with Crippen molar-refractivity contribution in [3.8, 4) is 0 Å². The van der Waals surface area contributed by atoms with Crippen LogP contribution in [0, 0.1) is 5.92 Å². The zero-order chi connectivity index (χ0) is 17.9. The molecule has 0 spiro atoms. The summed E-state index contributed by atoms with van der Waals surface area (Å²) in [5, 5.41) is 5.92. The monoisotopic (exact) mass is 405 g/mol. The number of nitrogens with one attached hydrogen (secondary N) is 2. The molecule has 25 heavy (non-hydrogen) atoms. The fraction of sp³-hybridized carbons (Fsp3) is 0.529. The molecule has 2 amide bonds. The van der Waals surface area contributed by atoms with Gasteiger partial charge in [0.05, 0.1) is 10.9 Å². The molecule has 2 rings (SSSR count). The number of hydrogen-bond acceptors (Lipinski definition) is 4. The first-order valence-electron chi connectivity index (χ1n) is 8.00. The van der Waals surface area contributed by atoms with E-state index in [9.17, 15) is 9.59 Å². The molecule has 0 aliphatic carbocycles. The standard InChI is InChI=1S/C17H24ClN3O2S.ClH/c1-10(2)8-17(3,9-19)21-15(22)7-14-16(23)20-12-6-11(18)4-5-13(12)24-14;/h4-6,10,14H,7-9,19H2,1-3H3,(H,20,23)(H,21,22);1H. The predicted octanol–water partition coefficient (Wildman–Crippen LogP) is 3.44. The molecule has 1 aliphatic rings. The van der Waals surface area contributed by atoms with Crippen LogP contribution in [0.25, 0.3) is 0 Å². The van der Waals surface area contributed by atoms with Crippen molar-refractivity contribution in [3.05, 3.63) is 23.2 Å². The molecule has 1 aliphatic heterocycles. The van der Waals surface area contributed by atoms with Gasteiger partial charge >= 0.3 is 0 Å². The van der Waals surface area contributed by atoms with Crippen LogP contribution in [-0.2, 0) is 9.59 Å². The molecule has 1 heterocycles. The second-order valence-corrected chi connectivity index (χ2v) is 8.53. The molecule has 0 saturated heterocycles. The minimum Gasteiger partial charge on any atom is -0.350 e. The van der Waals surface area contributed by atoms with Crippen LogP contribution in [0.2, 0.25) is 5.02 Å². The number of hydrogen-bond donors (Lipinski definition) is 3. The van der Waals surface area contributed by atoms with Crippen molar-refractivity contribution in [2.75, 3.05) is 11.9 Å². The highest BCUT2D eigenvalue weighted by Gasteiger charge is 2.32. The predicted molar refractivity (Wildman–Crippen MR) is 107 cm³/mol. The summed E-state index contributed by atoms with van der Waals surface area (Å²) in [4.78, 5) is 25.6. The van der Waals surface area contributed by atoms with E-state index in [4.69, 9.17) is 17.3 Å². The smallest absolute Gasteiger partial charge is 0.238 e. The second-order valence-electron chi connectivity index (χ2n) is 6.85. The van der Waals surface area contributed by atoms with E-state index in [1.54, 1.807) is 12.1 Å². The minimum atomic E-state index is -0.459. The molecule has 4 N–H and O–H groups in total.